The summed E-state index contributed by atoms with van der Waals surface area (Å²) < 4.78 is 62.4. The van der Waals surface area contributed by atoms with E-state index in [1.807, 2.05) is 0 Å². The molecule has 0 aliphatic heterocycles. The van der Waals surface area contributed by atoms with Crippen molar-refractivity contribution >= 4 is 22.0 Å². The SMILES string of the molecule is COc1ccc(C(C=Cc2c(OC)cc(O)cc2OC)S(=O)(=O)C(C=Cc2c(OC)cc(O)cc2OC)c2ccc(OC)cc2)cc1. The van der Waals surface area contributed by atoms with Gasteiger partial charge in [-0.15, -0.1) is 0 Å². The molecule has 0 amide bonds. The summed E-state index contributed by atoms with van der Waals surface area (Å²) >= 11 is 0. The Hall–Kier alpha value is -5.29. The number of sulfone groups is 1. The lowest BCUT2D eigenvalue weighted by Crippen LogP contribution is -2.19. The number of hydrogen-bond donors (Lipinski definition) is 2. The highest BCUT2D eigenvalue weighted by atomic mass is 32.2. The van der Waals surface area contributed by atoms with Gasteiger partial charge in [-0.25, -0.2) is 8.42 Å². The van der Waals surface area contributed by atoms with E-state index in [1.165, 1.54) is 66.9 Å². The Kier molecular flexibility index (Phi) is 11.3. The summed E-state index contributed by atoms with van der Waals surface area (Å²) in [5.41, 5.74) is 1.84. The van der Waals surface area contributed by atoms with Crippen LogP contribution in [0.1, 0.15) is 32.8 Å². The van der Waals surface area contributed by atoms with Crippen LogP contribution in [0.5, 0.6) is 46.0 Å². The van der Waals surface area contributed by atoms with E-state index >= 15 is 0 Å². The number of ether oxygens (including phenoxy) is 6. The minimum absolute atomic E-state index is 0.0695. The maximum absolute atomic E-state index is 14.9. The van der Waals surface area contributed by atoms with Gasteiger partial charge in [0.25, 0.3) is 0 Å². The van der Waals surface area contributed by atoms with Gasteiger partial charge in [-0.05, 0) is 47.5 Å². The van der Waals surface area contributed by atoms with Crippen molar-refractivity contribution in [2.75, 3.05) is 42.7 Å². The van der Waals surface area contributed by atoms with E-state index in [0.717, 1.165) is 0 Å². The van der Waals surface area contributed by atoms with E-state index in [2.05, 4.69) is 0 Å². The molecule has 0 saturated carbocycles. The molecule has 0 aromatic heterocycles. The average Bonchev–Trinajstić information content (AvgIpc) is 3.08. The molecule has 0 fully saturated rings. The van der Waals surface area contributed by atoms with Gasteiger partial charge in [0.15, 0.2) is 9.84 Å². The van der Waals surface area contributed by atoms with Crippen LogP contribution in [0.4, 0.5) is 0 Å². The summed E-state index contributed by atoms with van der Waals surface area (Å²) in [5, 5.41) is 17.9. The number of benzene rings is 4. The largest absolute Gasteiger partial charge is 0.508 e. The second-order valence-electron chi connectivity index (χ2n) is 10.2. The summed E-state index contributed by atoms with van der Waals surface area (Å²) in [4.78, 5) is 0. The summed E-state index contributed by atoms with van der Waals surface area (Å²) in [6, 6.07) is 19.2. The predicted octanol–water partition coefficient (Wildman–Crippen LogP) is 6.77. The molecule has 0 aliphatic rings. The maximum Gasteiger partial charge on any atom is 0.171 e. The molecule has 11 heteroatoms. The minimum atomic E-state index is -4.16. The molecule has 4 aromatic carbocycles. The first kappa shape index (κ1) is 34.6. The zero-order valence-electron chi connectivity index (χ0n) is 27.0. The monoisotopic (exact) mass is 662 g/mol. The predicted molar refractivity (Wildman–Crippen MR) is 181 cm³/mol. The van der Waals surface area contributed by atoms with Gasteiger partial charge in [-0.2, -0.15) is 0 Å². The van der Waals surface area contributed by atoms with E-state index in [1.54, 1.807) is 72.8 Å². The minimum Gasteiger partial charge on any atom is -0.508 e. The first-order chi connectivity index (χ1) is 22.6. The lowest BCUT2D eigenvalue weighted by molar-refractivity contribution is 0.383. The highest BCUT2D eigenvalue weighted by molar-refractivity contribution is 7.92. The Balaban J connectivity index is 1.95. The van der Waals surface area contributed by atoms with Crippen molar-refractivity contribution in [3.8, 4) is 46.0 Å². The Morgan fingerprint density at radius 2 is 0.809 bits per heavy atom. The highest BCUT2D eigenvalue weighted by Crippen LogP contribution is 2.42. The molecule has 0 heterocycles. The van der Waals surface area contributed by atoms with Crippen molar-refractivity contribution in [3.05, 3.63) is 107 Å². The number of phenolic OH excluding ortho intramolecular Hbond substituents is 2. The first-order valence-electron chi connectivity index (χ1n) is 14.4. The van der Waals surface area contributed by atoms with Crippen LogP contribution in [0.25, 0.3) is 12.2 Å². The van der Waals surface area contributed by atoms with Crippen LogP contribution in [0, 0.1) is 0 Å². The molecule has 2 N–H and O–H groups in total. The molecule has 47 heavy (non-hydrogen) atoms. The quantitative estimate of drug-likeness (QED) is 0.149. The lowest BCUT2D eigenvalue weighted by atomic mass is 10.1. The van der Waals surface area contributed by atoms with Crippen molar-refractivity contribution < 1.29 is 47.1 Å². The first-order valence-corrected chi connectivity index (χ1v) is 16.0. The topological polar surface area (TPSA) is 130 Å². The zero-order valence-corrected chi connectivity index (χ0v) is 27.8. The van der Waals surface area contributed by atoms with E-state index in [-0.39, 0.29) is 11.5 Å². The van der Waals surface area contributed by atoms with E-state index in [4.69, 9.17) is 28.4 Å². The third-order valence-corrected chi connectivity index (χ3v) is 9.80. The van der Waals surface area contributed by atoms with Crippen LogP contribution in [-0.4, -0.2) is 61.3 Å². The molecular weight excluding hydrogens is 624 g/mol. The molecule has 0 radical (unpaired) electrons. The number of hydrogen-bond acceptors (Lipinski definition) is 10. The van der Waals surface area contributed by atoms with Crippen molar-refractivity contribution in [3.63, 3.8) is 0 Å². The number of rotatable bonds is 14. The Morgan fingerprint density at radius 3 is 1.06 bits per heavy atom. The fraction of sp³-hybridized carbons (Fsp3) is 0.222. The van der Waals surface area contributed by atoms with Crippen molar-refractivity contribution in [2.24, 2.45) is 0 Å². The van der Waals surface area contributed by atoms with Crippen molar-refractivity contribution in [1.82, 2.24) is 0 Å². The lowest BCUT2D eigenvalue weighted by Gasteiger charge is -2.22. The van der Waals surface area contributed by atoms with Gasteiger partial charge in [0.1, 0.15) is 56.5 Å². The van der Waals surface area contributed by atoms with Gasteiger partial charge in [0.2, 0.25) is 0 Å². The third kappa shape index (κ3) is 7.75. The van der Waals surface area contributed by atoms with Crippen LogP contribution in [0.2, 0.25) is 0 Å². The fourth-order valence-electron chi connectivity index (χ4n) is 5.11. The molecule has 0 aliphatic carbocycles. The van der Waals surface area contributed by atoms with Gasteiger partial charge in [0, 0.05) is 24.3 Å². The molecule has 248 valence electrons. The van der Waals surface area contributed by atoms with Crippen LogP contribution in [0.15, 0.2) is 84.9 Å². The van der Waals surface area contributed by atoms with Crippen LogP contribution < -0.4 is 28.4 Å². The molecule has 2 unspecified atom stereocenters. The molecule has 2 atom stereocenters. The Morgan fingerprint density at radius 1 is 0.511 bits per heavy atom. The Labute approximate surface area is 274 Å². The second kappa shape index (κ2) is 15.3. The molecular formula is C36H38O10S. The summed E-state index contributed by atoms with van der Waals surface area (Å²) in [5.74, 6) is 2.16. The molecule has 0 saturated heterocycles. The van der Waals surface area contributed by atoms with Gasteiger partial charge >= 0.3 is 0 Å². The van der Waals surface area contributed by atoms with E-state index < -0.39 is 20.3 Å². The van der Waals surface area contributed by atoms with E-state index in [9.17, 15) is 18.6 Å². The van der Waals surface area contributed by atoms with Crippen LogP contribution >= 0.6 is 0 Å². The maximum atomic E-state index is 14.9. The fourth-order valence-corrected chi connectivity index (χ4v) is 7.10. The van der Waals surface area contributed by atoms with Crippen molar-refractivity contribution in [1.29, 1.82) is 0 Å². The van der Waals surface area contributed by atoms with Gasteiger partial charge in [-0.1, -0.05) is 36.4 Å². The van der Waals surface area contributed by atoms with Gasteiger partial charge in [-0.3, -0.25) is 0 Å². The highest BCUT2D eigenvalue weighted by Gasteiger charge is 2.34. The molecule has 10 nitrogen and oxygen atoms in total. The number of methoxy groups -OCH3 is 6. The third-order valence-electron chi connectivity index (χ3n) is 7.53. The van der Waals surface area contributed by atoms with Gasteiger partial charge < -0.3 is 38.6 Å². The van der Waals surface area contributed by atoms with Crippen LogP contribution in [0.3, 0.4) is 0 Å². The standard InChI is InChI=1S/C36H38O10S/c1-41-27-11-7-23(8-12-27)35(17-15-29-31(43-3)19-25(37)20-32(29)44-4)47(39,40)36(24-9-13-28(42-2)14-10-24)18-16-30-33(45-5)21-26(38)22-34(30)46-6/h7-22,35-38H,1-6H3. The molecule has 4 aromatic rings. The molecule has 0 spiro atoms. The Bertz CT molecular complexity index is 1650. The normalized spacial score (nSPS) is 12.9. The van der Waals surface area contributed by atoms with Crippen molar-refractivity contribution in [2.45, 2.75) is 10.5 Å². The zero-order chi connectivity index (χ0) is 34.1. The second-order valence-corrected chi connectivity index (χ2v) is 12.4. The van der Waals surface area contributed by atoms with Gasteiger partial charge in [0.05, 0.1) is 53.8 Å². The van der Waals surface area contributed by atoms with E-state index in [0.29, 0.717) is 56.8 Å². The summed E-state index contributed by atoms with van der Waals surface area (Å²) in [6.45, 7) is 0. The smallest absolute Gasteiger partial charge is 0.171 e. The summed E-state index contributed by atoms with van der Waals surface area (Å²) in [6.07, 6.45) is 6.32. The molecule has 0 bridgehead atoms. The average molecular weight is 663 g/mol. The number of phenols is 2. The molecule has 4 rings (SSSR count). The summed E-state index contributed by atoms with van der Waals surface area (Å²) in [7, 11) is 4.68. The van der Waals surface area contributed by atoms with Crippen LogP contribution in [-0.2, 0) is 9.84 Å². The number of aromatic hydroxyl groups is 2.